The van der Waals surface area contributed by atoms with Crippen LogP contribution in [0.15, 0.2) is 36.5 Å². The lowest BCUT2D eigenvalue weighted by Gasteiger charge is -2.34. The van der Waals surface area contributed by atoms with E-state index in [1.807, 2.05) is 23.1 Å². The van der Waals surface area contributed by atoms with Gasteiger partial charge in [-0.2, -0.15) is 13.2 Å². The Kier molecular flexibility index (Phi) is 5.30. The maximum Gasteiger partial charge on any atom is 0.417 e. The Morgan fingerprint density at radius 1 is 1.11 bits per heavy atom. The molecule has 0 amide bonds. The molecule has 0 unspecified atom stereocenters. The van der Waals surface area contributed by atoms with E-state index in [0.717, 1.165) is 48.7 Å². The van der Waals surface area contributed by atoms with Gasteiger partial charge in [-0.05, 0) is 42.7 Å². The number of hydrogen-bond acceptors (Lipinski definition) is 5. The van der Waals surface area contributed by atoms with Crippen molar-refractivity contribution in [3.8, 4) is 11.5 Å². The van der Waals surface area contributed by atoms with E-state index in [1.54, 1.807) is 0 Å². The SMILES string of the molecule is FC(F)(F)c1ccc(N2CCC[C@H](NCc3ccc4c(c3)OCCO4)C2)nc1. The second-order valence-corrected chi connectivity index (χ2v) is 7.05. The number of piperidine rings is 1. The number of nitrogens with zero attached hydrogens (tertiary/aromatic N) is 2. The Hall–Kier alpha value is -2.48. The average Bonchev–Trinajstić information content (AvgIpc) is 2.72. The van der Waals surface area contributed by atoms with Gasteiger partial charge in [0.15, 0.2) is 11.5 Å². The van der Waals surface area contributed by atoms with Crippen molar-refractivity contribution >= 4 is 5.82 Å². The van der Waals surface area contributed by atoms with Crippen LogP contribution >= 0.6 is 0 Å². The molecule has 5 nitrogen and oxygen atoms in total. The van der Waals surface area contributed by atoms with E-state index in [0.29, 0.717) is 32.1 Å². The van der Waals surface area contributed by atoms with Crippen LogP contribution in [-0.4, -0.2) is 37.3 Å². The van der Waals surface area contributed by atoms with Gasteiger partial charge in [0.2, 0.25) is 0 Å². The number of rotatable bonds is 4. The van der Waals surface area contributed by atoms with E-state index in [9.17, 15) is 13.2 Å². The highest BCUT2D eigenvalue weighted by Gasteiger charge is 2.31. The summed E-state index contributed by atoms with van der Waals surface area (Å²) in [6, 6.07) is 8.70. The number of anilines is 1. The molecule has 1 saturated heterocycles. The summed E-state index contributed by atoms with van der Waals surface area (Å²) in [5.74, 6) is 2.12. The molecule has 2 aliphatic heterocycles. The third kappa shape index (κ3) is 4.32. The van der Waals surface area contributed by atoms with Crippen LogP contribution in [0.25, 0.3) is 0 Å². The maximum absolute atomic E-state index is 12.7. The highest BCUT2D eigenvalue weighted by atomic mass is 19.4. The number of aromatic nitrogens is 1. The van der Waals surface area contributed by atoms with Crippen molar-refractivity contribution < 1.29 is 22.6 Å². The number of fused-ring (bicyclic) bond motifs is 1. The summed E-state index contributed by atoms with van der Waals surface area (Å²) in [6.07, 6.45) is -1.48. The Balaban J connectivity index is 1.35. The van der Waals surface area contributed by atoms with Gasteiger partial charge in [0.25, 0.3) is 0 Å². The minimum Gasteiger partial charge on any atom is -0.486 e. The number of benzene rings is 1. The minimum atomic E-state index is -4.36. The zero-order chi connectivity index (χ0) is 19.6. The first kappa shape index (κ1) is 18.9. The summed E-state index contributed by atoms with van der Waals surface area (Å²) in [5, 5.41) is 3.53. The zero-order valence-electron chi connectivity index (χ0n) is 15.3. The molecule has 3 heterocycles. The van der Waals surface area contributed by atoms with Crippen molar-refractivity contribution in [2.24, 2.45) is 0 Å². The molecule has 8 heteroatoms. The van der Waals surface area contributed by atoms with Crippen molar-refractivity contribution in [3.05, 3.63) is 47.7 Å². The molecule has 150 valence electrons. The van der Waals surface area contributed by atoms with Gasteiger partial charge in [0, 0.05) is 31.9 Å². The average molecular weight is 393 g/mol. The number of nitrogens with one attached hydrogen (secondary N) is 1. The number of pyridine rings is 1. The molecule has 0 spiro atoms. The van der Waals surface area contributed by atoms with Gasteiger partial charge in [0.05, 0.1) is 5.56 Å². The van der Waals surface area contributed by atoms with Crippen LogP contribution in [0.1, 0.15) is 24.0 Å². The Morgan fingerprint density at radius 3 is 2.68 bits per heavy atom. The van der Waals surface area contributed by atoms with Gasteiger partial charge < -0.3 is 19.7 Å². The van der Waals surface area contributed by atoms with Crippen molar-refractivity contribution in [1.29, 1.82) is 0 Å². The van der Waals surface area contributed by atoms with Crippen LogP contribution in [0.3, 0.4) is 0 Å². The molecular formula is C20H22F3N3O2. The lowest BCUT2D eigenvalue weighted by Crippen LogP contribution is -2.45. The molecule has 0 bridgehead atoms. The maximum atomic E-state index is 12.7. The predicted octanol–water partition coefficient (Wildman–Crippen LogP) is 3.63. The molecular weight excluding hydrogens is 371 g/mol. The summed E-state index contributed by atoms with van der Waals surface area (Å²) in [5.41, 5.74) is 0.385. The first-order valence-corrected chi connectivity index (χ1v) is 9.39. The van der Waals surface area contributed by atoms with E-state index >= 15 is 0 Å². The van der Waals surface area contributed by atoms with Gasteiger partial charge in [-0.25, -0.2) is 4.98 Å². The minimum absolute atomic E-state index is 0.242. The summed E-state index contributed by atoms with van der Waals surface area (Å²) < 4.78 is 49.3. The molecule has 0 saturated carbocycles. The molecule has 2 aliphatic rings. The van der Waals surface area contributed by atoms with Crippen LogP contribution < -0.4 is 19.7 Å². The third-order valence-corrected chi connectivity index (χ3v) is 5.02. The van der Waals surface area contributed by atoms with Crippen LogP contribution in [-0.2, 0) is 12.7 Å². The fourth-order valence-corrected chi connectivity index (χ4v) is 3.55. The standard InChI is InChI=1S/C20H22F3N3O2/c21-20(22,23)15-4-6-19(25-12-15)26-7-1-2-16(13-26)24-11-14-3-5-17-18(10-14)28-9-8-27-17/h3-6,10,12,16,24H,1-2,7-9,11,13H2/t16-/m0/s1. The fraction of sp³-hybridized carbons (Fsp3) is 0.450. The molecule has 4 rings (SSSR count). The summed E-state index contributed by atoms with van der Waals surface area (Å²) in [4.78, 5) is 6.05. The molecule has 1 N–H and O–H groups in total. The van der Waals surface area contributed by atoms with E-state index in [-0.39, 0.29) is 6.04 Å². The van der Waals surface area contributed by atoms with Crippen molar-refractivity contribution in [2.45, 2.75) is 31.6 Å². The summed E-state index contributed by atoms with van der Waals surface area (Å²) in [7, 11) is 0. The molecule has 1 atom stereocenters. The van der Waals surface area contributed by atoms with Crippen molar-refractivity contribution in [2.75, 3.05) is 31.2 Å². The molecule has 1 fully saturated rings. The molecule has 0 aliphatic carbocycles. The van der Waals surface area contributed by atoms with E-state index in [1.165, 1.54) is 6.07 Å². The monoisotopic (exact) mass is 393 g/mol. The van der Waals surface area contributed by atoms with Crippen LogP contribution in [0.4, 0.5) is 19.0 Å². The highest BCUT2D eigenvalue weighted by molar-refractivity contribution is 5.44. The lowest BCUT2D eigenvalue weighted by molar-refractivity contribution is -0.137. The molecule has 2 aromatic rings. The van der Waals surface area contributed by atoms with Gasteiger partial charge in [-0.15, -0.1) is 0 Å². The second-order valence-electron chi connectivity index (χ2n) is 7.05. The van der Waals surface area contributed by atoms with E-state index in [2.05, 4.69) is 10.3 Å². The summed E-state index contributed by atoms with van der Waals surface area (Å²) >= 11 is 0. The molecule has 28 heavy (non-hydrogen) atoms. The van der Waals surface area contributed by atoms with Crippen LogP contribution in [0, 0.1) is 0 Å². The van der Waals surface area contributed by atoms with Crippen LogP contribution in [0.5, 0.6) is 11.5 Å². The first-order valence-electron chi connectivity index (χ1n) is 9.39. The van der Waals surface area contributed by atoms with Gasteiger partial charge in [-0.1, -0.05) is 6.07 Å². The Bertz CT molecular complexity index is 811. The first-order chi connectivity index (χ1) is 13.5. The quantitative estimate of drug-likeness (QED) is 0.860. The summed E-state index contributed by atoms with van der Waals surface area (Å²) in [6.45, 7) is 3.32. The van der Waals surface area contributed by atoms with Crippen molar-refractivity contribution in [3.63, 3.8) is 0 Å². The highest BCUT2D eigenvalue weighted by Crippen LogP contribution is 2.31. The number of ether oxygens (including phenoxy) is 2. The normalized spacial score (nSPS) is 19.5. The lowest BCUT2D eigenvalue weighted by atomic mass is 10.0. The van der Waals surface area contributed by atoms with E-state index < -0.39 is 11.7 Å². The smallest absolute Gasteiger partial charge is 0.417 e. The number of alkyl halides is 3. The molecule has 1 aromatic carbocycles. The third-order valence-electron chi connectivity index (χ3n) is 5.02. The number of halogens is 3. The molecule has 0 radical (unpaired) electrons. The fourth-order valence-electron chi connectivity index (χ4n) is 3.55. The zero-order valence-corrected chi connectivity index (χ0v) is 15.3. The van der Waals surface area contributed by atoms with Gasteiger partial charge in [-0.3, -0.25) is 0 Å². The van der Waals surface area contributed by atoms with Gasteiger partial charge >= 0.3 is 6.18 Å². The van der Waals surface area contributed by atoms with E-state index in [4.69, 9.17) is 9.47 Å². The largest absolute Gasteiger partial charge is 0.486 e. The predicted molar refractivity (Wildman–Crippen MR) is 98.7 cm³/mol. The Morgan fingerprint density at radius 2 is 1.93 bits per heavy atom. The van der Waals surface area contributed by atoms with Crippen molar-refractivity contribution in [1.82, 2.24) is 10.3 Å². The topological polar surface area (TPSA) is 46.6 Å². The Labute approximate surface area is 161 Å². The second kappa shape index (κ2) is 7.87. The molecule has 1 aromatic heterocycles. The number of hydrogen-bond donors (Lipinski definition) is 1. The van der Waals surface area contributed by atoms with Gasteiger partial charge in [0.1, 0.15) is 19.0 Å². The van der Waals surface area contributed by atoms with Crippen LogP contribution in [0.2, 0.25) is 0 Å².